The van der Waals surface area contributed by atoms with Crippen LogP contribution in [0.2, 0.25) is 0 Å². The van der Waals surface area contributed by atoms with Gasteiger partial charge < -0.3 is 9.47 Å². The van der Waals surface area contributed by atoms with Crippen molar-refractivity contribution in [3.8, 4) is 0 Å². The number of hydrogen-bond donors (Lipinski definition) is 1. The molecule has 0 spiro atoms. The number of aryl methyl sites for hydroxylation is 3. The molecule has 1 aromatic carbocycles. The third-order valence-electron chi connectivity index (χ3n) is 5.18. The van der Waals surface area contributed by atoms with Gasteiger partial charge in [0.25, 0.3) is 0 Å². The van der Waals surface area contributed by atoms with Crippen molar-refractivity contribution in [2.45, 2.75) is 43.5 Å². The lowest BCUT2D eigenvalue weighted by Crippen LogP contribution is -2.41. The number of benzene rings is 1. The van der Waals surface area contributed by atoms with Crippen molar-refractivity contribution in [3.63, 3.8) is 0 Å². The Hall–Kier alpha value is -1.85. The van der Waals surface area contributed by atoms with Crippen molar-refractivity contribution < 1.29 is 17.9 Å². The van der Waals surface area contributed by atoms with Crippen LogP contribution in [0, 0.1) is 13.8 Å². The van der Waals surface area contributed by atoms with E-state index in [1.807, 2.05) is 33.2 Å². The number of hydrogen-bond acceptors (Lipinski definition) is 7. The van der Waals surface area contributed by atoms with E-state index in [0.29, 0.717) is 6.54 Å². The molecule has 1 N–H and O–H groups in total. The van der Waals surface area contributed by atoms with Gasteiger partial charge in [-0.2, -0.15) is 0 Å². The second kappa shape index (κ2) is 8.11. The summed E-state index contributed by atoms with van der Waals surface area (Å²) in [5, 5.41) is 8.08. The third-order valence-corrected chi connectivity index (χ3v) is 6.68. The smallest absolute Gasteiger partial charge is 0.240 e. The molecule has 0 aliphatic carbocycles. The maximum Gasteiger partial charge on any atom is 0.240 e. The Labute approximate surface area is 171 Å². The molecule has 1 aromatic heterocycles. The van der Waals surface area contributed by atoms with Crippen LogP contribution in [-0.4, -0.2) is 72.9 Å². The van der Waals surface area contributed by atoms with E-state index in [-0.39, 0.29) is 30.3 Å². The number of ether oxygens (including phenoxy) is 2. The molecule has 158 valence electrons. The van der Waals surface area contributed by atoms with Crippen molar-refractivity contribution in [1.29, 1.82) is 0 Å². The monoisotopic (exact) mass is 421 g/mol. The summed E-state index contributed by atoms with van der Waals surface area (Å²) in [6.45, 7) is 6.47. The molecule has 3 heterocycles. The zero-order chi connectivity index (χ0) is 20.6. The Morgan fingerprint density at radius 3 is 2.28 bits per heavy atom. The van der Waals surface area contributed by atoms with Crippen molar-refractivity contribution >= 4 is 10.0 Å². The minimum absolute atomic E-state index is 0.0811. The van der Waals surface area contributed by atoms with Crippen LogP contribution in [0.3, 0.4) is 0 Å². The zero-order valence-electron chi connectivity index (χ0n) is 16.9. The second-order valence-electron chi connectivity index (χ2n) is 7.96. The van der Waals surface area contributed by atoms with Gasteiger partial charge in [0.2, 0.25) is 10.0 Å². The molecule has 0 saturated carbocycles. The Morgan fingerprint density at radius 1 is 1.10 bits per heavy atom. The van der Waals surface area contributed by atoms with Gasteiger partial charge in [-0.1, -0.05) is 11.3 Å². The highest BCUT2D eigenvalue weighted by molar-refractivity contribution is 7.89. The maximum atomic E-state index is 12.8. The van der Waals surface area contributed by atoms with E-state index >= 15 is 0 Å². The SMILES string of the molecule is Cc1cc(C)cc(S(=O)(=O)NC2CO[C@H]3CN(Cc4cn(C)nn4)C[C@@H]3OC2)c1. The standard InChI is InChI=1S/C19H27N5O4S/c1-13-4-14(2)6-17(5-13)29(25,26)21-16-11-27-18-9-24(10-19(18)28-12-16)8-15-7-23(3)22-20-15/h4-7,16,18-19,21H,8-12H2,1-3H3/t18-,19-/m0/s1. The molecule has 0 bridgehead atoms. The molecule has 4 rings (SSSR count). The first kappa shape index (κ1) is 20.4. The molecule has 2 aliphatic heterocycles. The number of nitrogens with one attached hydrogen (secondary N) is 1. The number of sulfonamides is 1. The van der Waals surface area contributed by atoms with Crippen molar-refractivity contribution in [1.82, 2.24) is 24.6 Å². The number of nitrogens with zero attached hydrogens (tertiary/aromatic N) is 4. The lowest BCUT2D eigenvalue weighted by molar-refractivity contribution is -0.00461. The summed E-state index contributed by atoms with van der Waals surface area (Å²) in [6, 6.07) is 4.88. The molecule has 0 amide bonds. The fraction of sp³-hybridized carbons (Fsp3) is 0.579. The van der Waals surface area contributed by atoms with Gasteiger partial charge in [0.05, 0.1) is 42.1 Å². The van der Waals surface area contributed by atoms with Gasteiger partial charge >= 0.3 is 0 Å². The molecule has 0 radical (unpaired) electrons. The molecule has 0 unspecified atom stereocenters. The summed E-state index contributed by atoms with van der Waals surface area (Å²) in [4.78, 5) is 2.49. The summed E-state index contributed by atoms with van der Waals surface area (Å²) < 4.78 is 42.0. The fourth-order valence-corrected chi connectivity index (χ4v) is 5.33. The van der Waals surface area contributed by atoms with E-state index in [4.69, 9.17) is 9.47 Å². The molecule has 2 saturated heterocycles. The van der Waals surface area contributed by atoms with Crippen LogP contribution in [0.5, 0.6) is 0 Å². The average Bonchev–Trinajstić information content (AvgIpc) is 3.17. The predicted molar refractivity (Wildman–Crippen MR) is 106 cm³/mol. The first-order valence-electron chi connectivity index (χ1n) is 9.70. The summed E-state index contributed by atoms with van der Waals surface area (Å²) in [6.07, 6.45) is 1.73. The van der Waals surface area contributed by atoms with E-state index in [1.165, 1.54) is 0 Å². The van der Waals surface area contributed by atoms with Gasteiger partial charge in [0, 0.05) is 32.9 Å². The van der Waals surface area contributed by atoms with E-state index in [0.717, 1.165) is 29.9 Å². The van der Waals surface area contributed by atoms with Gasteiger partial charge in [0.1, 0.15) is 0 Å². The number of fused-ring (bicyclic) bond motifs is 1. The first-order valence-corrected chi connectivity index (χ1v) is 11.2. The Balaban J connectivity index is 1.35. The van der Waals surface area contributed by atoms with Crippen LogP contribution in [0.15, 0.2) is 29.3 Å². The molecule has 2 atom stereocenters. The van der Waals surface area contributed by atoms with Crippen molar-refractivity contribution in [3.05, 3.63) is 41.2 Å². The minimum Gasteiger partial charge on any atom is -0.372 e. The topological polar surface area (TPSA) is 98.6 Å². The number of aromatic nitrogens is 3. The highest BCUT2D eigenvalue weighted by atomic mass is 32.2. The van der Waals surface area contributed by atoms with Gasteiger partial charge in [-0.15, -0.1) is 5.10 Å². The molecule has 10 heteroatoms. The summed E-state index contributed by atoms with van der Waals surface area (Å²) in [7, 11) is -1.79. The van der Waals surface area contributed by atoms with Crippen LogP contribution in [0.4, 0.5) is 0 Å². The minimum atomic E-state index is -3.63. The van der Waals surface area contributed by atoms with Crippen molar-refractivity contribution in [2.75, 3.05) is 26.3 Å². The molecule has 9 nitrogen and oxygen atoms in total. The van der Waals surface area contributed by atoms with E-state index < -0.39 is 16.1 Å². The summed E-state index contributed by atoms with van der Waals surface area (Å²) in [5.74, 6) is 0. The van der Waals surface area contributed by atoms with Crippen LogP contribution >= 0.6 is 0 Å². The van der Waals surface area contributed by atoms with Crippen molar-refractivity contribution in [2.24, 2.45) is 7.05 Å². The van der Waals surface area contributed by atoms with Gasteiger partial charge in [-0.3, -0.25) is 9.58 Å². The molecular weight excluding hydrogens is 394 g/mol. The predicted octanol–water partition coefficient (Wildman–Crippen LogP) is 0.379. The largest absolute Gasteiger partial charge is 0.372 e. The Kier molecular flexibility index (Phi) is 5.71. The molecule has 29 heavy (non-hydrogen) atoms. The van der Waals surface area contributed by atoms with Gasteiger partial charge in [-0.25, -0.2) is 13.1 Å². The van der Waals surface area contributed by atoms with Gasteiger partial charge in [0.15, 0.2) is 0 Å². The van der Waals surface area contributed by atoms with Gasteiger partial charge in [-0.05, 0) is 37.1 Å². The maximum absolute atomic E-state index is 12.8. The van der Waals surface area contributed by atoms with Crippen LogP contribution in [0.1, 0.15) is 16.8 Å². The van der Waals surface area contributed by atoms with E-state index in [2.05, 4.69) is 19.9 Å². The summed E-state index contributed by atoms with van der Waals surface area (Å²) >= 11 is 0. The first-order chi connectivity index (χ1) is 13.8. The van der Waals surface area contributed by atoms with Crippen LogP contribution in [0.25, 0.3) is 0 Å². The quantitative estimate of drug-likeness (QED) is 0.745. The molecular formula is C19H27N5O4S. The summed E-state index contributed by atoms with van der Waals surface area (Å²) in [5.41, 5.74) is 2.73. The number of likely N-dealkylation sites (tertiary alicyclic amines) is 1. The normalized spacial score (nSPS) is 23.8. The number of rotatable bonds is 5. The van der Waals surface area contributed by atoms with E-state index in [1.54, 1.807) is 16.8 Å². The second-order valence-corrected chi connectivity index (χ2v) is 9.68. The van der Waals surface area contributed by atoms with Crippen LogP contribution < -0.4 is 4.72 Å². The fourth-order valence-electron chi connectivity index (χ4n) is 3.94. The molecule has 2 aliphatic rings. The lowest BCUT2D eigenvalue weighted by atomic mass is 10.2. The Bertz CT molecular complexity index is 940. The lowest BCUT2D eigenvalue weighted by Gasteiger charge is -2.19. The molecule has 2 fully saturated rings. The van der Waals surface area contributed by atoms with Crippen LogP contribution in [-0.2, 0) is 33.1 Å². The average molecular weight is 422 g/mol. The Morgan fingerprint density at radius 2 is 1.72 bits per heavy atom. The molecule has 2 aromatic rings. The van der Waals surface area contributed by atoms with E-state index in [9.17, 15) is 8.42 Å². The zero-order valence-corrected chi connectivity index (χ0v) is 17.7. The highest BCUT2D eigenvalue weighted by Gasteiger charge is 2.38. The third kappa shape index (κ3) is 4.84. The highest BCUT2D eigenvalue weighted by Crippen LogP contribution is 2.22.